The molecule has 2 rings (SSSR count). The number of carbonyl (C=O) groups excluding carboxylic acids is 1. The fraction of sp³-hybridized carbons (Fsp3) is 0.308. The minimum atomic E-state index is -0.274. The van der Waals surface area contributed by atoms with Crippen LogP contribution in [0.25, 0.3) is 0 Å². The fourth-order valence-electron chi connectivity index (χ4n) is 1.59. The molecule has 5 heteroatoms. The molecule has 0 saturated heterocycles. The van der Waals surface area contributed by atoms with Crippen molar-refractivity contribution in [1.82, 2.24) is 19.9 Å². The van der Waals surface area contributed by atoms with Crippen LogP contribution in [0, 0.1) is 13.8 Å². The van der Waals surface area contributed by atoms with Crippen molar-refractivity contribution in [3.8, 4) is 0 Å². The average molecular weight is 242 g/mol. The second-order valence-corrected chi connectivity index (χ2v) is 4.19. The molecule has 0 aromatic carbocycles. The van der Waals surface area contributed by atoms with E-state index in [1.807, 2.05) is 13.8 Å². The monoisotopic (exact) mass is 242 g/mol. The number of hydrogen-bond acceptors (Lipinski definition) is 5. The maximum atomic E-state index is 10.8. The highest BCUT2D eigenvalue weighted by atomic mass is 16.1. The molecule has 0 N–H and O–H groups in total. The van der Waals surface area contributed by atoms with Crippen molar-refractivity contribution in [3.05, 3.63) is 47.6 Å². The Kier molecular flexibility index (Phi) is 3.72. The number of aldehydes is 1. The lowest BCUT2D eigenvalue weighted by atomic mass is 10.0. The van der Waals surface area contributed by atoms with Gasteiger partial charge in [0.25, 0.3) is 0 Å². The van der Waals surface area contributed by atoms with E-state index in [1.165, 1.54) is 0 Å². The maximum Gasteiger partial charge on any atom is 0.139 e. The van der Waals surface area contributed by atoms with Gasteiger partial charge in [-0.15, -0.1) is 0 Å². The van der Waals surface area contributed by atoms with Gasteiger partial charge < -0.3 is 4.79 Å². The Morgan fingerprint density at radius 1 is 0.944 bits per heavy atom. The zero-order valence-electron chi connectivity index (χ0n) is 10.4. The van der Waals surface area contributed by atoms with Crippen molar-refractivity contribution in [3.63, 3.8) is 0 Å². The summed E-state index contributed by atoms with van der Waals surface area (Å²) in [4.78, 5) is 27.8. The van der Waals surface area contributed by atoms with Gasteiger partial charge in [0, 0.05) is 31.2 Å². The van der Waals surface area contributed by atoms with Gasteiger partial charge in [0.1, 0.15) is 17.9 Å². The first-order valence-electron chi connectivity index (χ1n) is 5.71. The molecule has 18 heavy (non-hydrogen) atoms. The summed E-state index contributed by atoms with van der Waals surface area (Å²) in [6.07, 6.45) is 8.05. The van der Waals surface area contributed by atoms with Gasteiger partial charge in [-0.05, 0) is 25.0 Å². The Balaban J connectivity index is 2.35. The van der Waals surface area contributed by atoms with E-state index in [0.29, 0.717) is 11.6 Å². The summed E-state index contributed by atoms with van der Waals surface area (Å²) in [6.45, 7) is 3.84. The first-order chi connectivity index (χ1) is 8.70. The van der Waals surface area contributed by atoms with E-state index in [9.17, 15) is 4.79 Å². The van der Waals surface area contributed by atoms with Crippen LogP contribution in [-0.4, -0.2) is 26.2 Å². The molecular formula is C13H14N4O. The zero-order chi connectivity index (χ0) is 13.0. The van der Waals surface area contributed by atoms with Crippen LogP contribution in [-0.2, 0) is 4.79 Å². The third-order valence-corrected chi connectivity index (χ3v) is 2.56. The molecule has 0 unspecified atom stereocenters. The molecule has 0 atom stereocenters. The van der Waals surface area contributed by atoms with Crippen molar-refractivity contribution >= 4 is 6.29 Å². The highest BCUT2D eigenvalue weighted by Crippen LogP contribution is 2.20. The number of aryl methyl sites for hydroxylation is 2. The normalized spacial score (nSPS) is 10.6. The molecule has 0 amide bonds. The lowest BCUT2D eigenvalue weighted by Crippen LogP contribution is -2.10. The van der Waals surface area contributed by atoms with Crippen molar-refractivity contribution in [2.75, 3.05) is 0 Å². The largest absolute Gasteiger partial charge is 0.303 e. The number of nitrogens with zero attached hydrogens (tertiary/aromatic N) is 4. The van der Waals surface area contributed by atoms with Crippen LogP contribution >= 0.6 is 0 Å². The van der Waals surface area contributed by atoms with Crippen molar-refractivity contribution < 1.29 is 4.79 Å². The Labute approximate surface area is 105 Å². The molecule has 0 saturated carbocycles. The lowest BCUT2D eigenvalue weighted by molar-refractivity contribution is -0.108. The molecule has 0 spiro atoms. The molecule has 2 heterocycles. The first kappa shape index (κ1) is 12.3. The zero-order valence-corrected chi connectivity index (χ0v) is 10.4. The predicted octanol–water partition coefficient (Wildman–Crippen LogP) is 1.60. The number of aromatic nitrogens is 4. The SMILES string of the molecule is Cc1cnc(C(CC=O)c2ncc(C)cn2)nc1. The van der Waals surface area contributed by atoms with Crippen molar-refractivity contribution in [1.29, 1.82) is 0 Å². The van der Waals surface area contributed by atoms with Crippen molar-refractivity contribution in [2.45, 2.75) is 26.2 Å². The van der Waals surface area contributed by atoms with E-state index < -0.39 is 0 Å². The third kappa shape index (κ3) is 2.74. The standard InChI is InChI=1S/C13H14N4O/c1-9-5-14-12(15-6-9)11(3-4-18)13-16-7-10(2)8-17-13/h4-8,11H,3H2,1-2H3. The number of carbonyl (C=O) groups is 1. The second kappa shape index (κ2) is 5.44. The molecule has 0 radical (unpaired) electrons. The van der Waals surface area contributed by atoms with Gasteiger partial charge in [-0.3, -0.25) is 0 Å². The molecule has 2 aromatic heterocycles. The van der Waals surface area contributed by atoms with Gasteiger partial charge in [0.2, 0.25) is 0 Å². The third-order valence-electron chi connectivity index (χ3n) is 2.56. The minimum Gasteiger partial charge on any atom is -0.303 e. The highest BCUT2D eigenvalue weighted by molar-refractivity contribution is 5.52. The van der Waals surface area contributed by atoms with Gasteiger partial charge in [-0.25, -0.2) is 19.9 Å². The summed E-state index contributed by atoms with van der Waals surface area (Å²) in [5, 5.41) is 0. The van der Waals surface area contributed by atoms with Crippen LogP contribution in [0.5, 0.6) is 0 Å². The first-order valence-corrected chi connectivity index (χ1v) is 5.71. The van der Waals surface area contributed by atoms with E-state index in [2.05, 4.69) is 19.9 Å². The van der Waals surface area contributed by atoms with Crippen LogP contribution in [0.4, 0.5) is 0 Å². The molecule has 5 nitrogen and oxygen atoms in total. The van der Waals surface area contributed by atoms with Crippen LogP contribution in [0.2, 0.25) is 0 Å². The Bertz CT molecular complexity index is 476. The topological polar surface area (TPSA) is 68.6 Å². The molecule has 0 aliphatic heterocycles. The van der Waals surface area contributed by atoms with Gasteiger partial charge in [-0.1, -0.05) is 0 Å². The molecule has 0 aliphatic carbocycles. The fourth-order valence-corrected chi connectivity index (χ4v) is 1.59. The summed E-state index contributed by atoms with van der Waals surface area (Å²) in [5.41, 5.74) is 1.96. The molecule has 92 valence electrons. The molecule has 0 aliphatic rings. The van der Waals surface area contributed by atoms with Gasteiger partial charge in [0.05, 0.1) is 5.92 Å². The summed E-state index contributed by atoms with van der Waals surface area (Å²) in [6, 6.07) is 0. The minimum absolute atomic E-state index is 0.274. The summed E-state index contributed by atoms with van der Waals surface area (Å²) < 4.78 is 0. The number of rotatable bonds is 4. The summed E-state index contributed by atoms with van der Waals surface area (Å²) in [5.74, 6) is 0.886. The molecule has 0 fully saturated rings. The Morgan fingerprint density at radius 2 is 1.33 bits per heavy atom. The maximum absolute atomic E-state index is 10.8. The van der Waals surface area contributed by atoms with E-state index in [1.54, 1.807) is 24.8 Å². The van der Waals surface area contributed by atoms with Crippen LogP contribution in [0.15, 0.2) is 24.8 Å². The van der Waals surface area contributed by atoms with Crippen LogP contribution in [0.3, 0.4) is 0 Å². The lowest BCUT2D eigenvalue weighted by Gasteiger charge is -2.11. The van der Waals surface area contributed by atoms with Gasteiger partial charge in [0.15, 0.2) is 0 Å². The highest BCUT2D eigenvalue weighted by Gasteiger charge is 2.19. The van der Waals surface area contributed by atoms with Crippen LogP contribution in [0.1, 0.15) is 35.1 Å². The Hall–Kier alpha value is -2.17. The smallest absolute Gasteiger partial charge is 0.139 e. The quantitative estimate of drug-likeness (QED) is 0.762. The summed E-state index contributed by atoms with van der Waals surface area (Å²) in [7, 11) is 0. The molecular weight excluding hydrogens is 228 g/mol. The van der Waals surface area contributed by atoms with E-state index >= 15 is 0 Å². The van der Waals surface area contributed by atoms with Gasteiger partial charge in [-0.2, -0.15) is 0 Å². The van der Waals surface area contributed by atoms with Gasteiger partial charge >= 0.3 is 0 Å². The van der Waals surface area contributed by atoms with Crippen LogP contribution < -0.4 is 0 Å². The molecule has 0 bridgehead atoms. The average Bonchev–Trinajstić information content (AvgIpc) is 2.39. The van der Waals surface area contributed by atoms with E-state index in [4.69, 9.17) is 0 Å². The molecule has 2 aromatic rings. The summed E-state index contributed by atoms with van der Waals surface area (Å²) >= 11 is 0. The predicted molar refractivity (Wildman–Crippen MR) is 66.1 cm³/mol. The van der Waals surface area contributed by atoms with Crippen molar-refractivity contribution in [2.24, 2.45) is 0 Å². The number of hydrogen-bond donors (Lipinski definition) is 0. The Morgan fingerprint density at radius 3 is 1.67 bits per heavy atom. The van der Waals surface area contributed by atoms with E-state index in [0.717, 1.165) is 17.4 Å². The second-order valence-electron chi connectivity index (χ2n) is 4.19. The van der Waals surface area contributed by atoms with E-state index in [-0.39, 0.29) is 12.3 Å².